The maximum Gasteiger partial charge on any atom is 0.0705 e. The number of benzene rings is 2. The van der Waals surface area contributed by atoms with Crippen LogP contribution in [0.1, 0.15) is 28.6 Å². The van der Waals surface area contributed by atoms with Crippen LogP contribution in [0.2, 0.25) is 0 Å². The summed E-state index contributed by atoms with van der Waals surface area (Å²) in [6.07, 6.45) is 1.96. The van der Waals surface area contributed by atoms with Crippen molar-refractivity contribution in [2.24, 2.45) is 0 Å². The summed E-state index contributed by atoms with van der Waals surface area (Å²) in [5, 5.41) is 1.20. The Morgan fingerprint density at radius 1 is 0.952 bits per heavy atom. The second-order valence-corrected chi connectivity index (χ2v) is 6.32. The number of rotatable bonds is 4. The Morgan fingerprint density at radius 2 is 1.71 bits per heavy atom. The highest BCUT2D eigenvalue weighted by Crippen LogP contribution is 2.30. The third-order valence-corrected chi connectivity index (χ3v) is 4.63. The third kappa shape index (κ3) is 3.16. The number of hydrogen-bond acceptors (Lipinski definition) is 1. The van der Waals surface area contributed by atoms with Gasteiger partial charge in [0.05, 0.1) is 5.52 Å². The van der Waals surface area contributed by atoms with E-state index in [2.05, 4.69) is 77.5 Å². The van der Waals surface area contributed by atoms with Crippen LogP contribution in [-0.4, -0.2) is 4.98 Å². The lowest BCUT2D eigenvalue weighted by molar-refractivity contribution is 0.893. The van der Waals surface area contributed by atoms with Gasteiger partial charge in [0.25, 0.3) is 0 Å². The summed E-state index contributed by atoms with van der Waals surface area (Å²) in [5.41, 5.74) is 4.97. The molecule has 3 rings (SSSR count). The minimum atomic E-state index is 0.308. The van der Waals surface area contributed by atoms with Crippen LogP contribution in [0.3, 0.4) is 0 Å². The molecule has 1 unspecified atom stereocenters. The van der Waals surface area contributed by atoms with Crippen molar-refractivity contribution in [3.05, 3.63) is 77.5 Å². The minimum Gasteiger partial charge on any atom is -0.253 e. The first-order valence-electron chi connectivity index (χ1n) is 7.34. The number of hydrogen-bond donors (Lipinski definition) is 0. The molecule has 1 atom stereocenters. The molecule has 106 valence electrons. The van der Waals surface area contributed by atoms with Crippen molar-refractivity contribution in [3.63, 3.8) is 0 Å². The fourth-order valence-electron chi connectivity index (χ4n) is 2.68. The molecule has 0 radical (unpaired) electrons. The van der Waals surface area contributed by atoms with Gasteiger partial charge in [-0.05, 0) is 29.7 Å². The summed E-state index contributed by atoms with van der Waals surface area (Å²) < 4.78 is 0. The van der Waals surface area contributed by atoms with Crippen molar-refractivity contribution in [3.8, 4) is 0 Å². The smallest absolute Gasteiger partial charge is 0.0705 e. The highest BCUT2D eigenvalue weighted by molar-refractivity contribution is 9.09. The zero-order valence-corrected chi connectivity index (χ0v) is 13.7. The molecule has 1 aromatic heterocycles. The second kappa shape index (κ2) is 6.40. The predicted molar refractivity (Wildman–Crippen MR) is 92.9 cm³/mol. The monoisotopic (exact) mass is 339 g/mol. The third-order valence-electron chi connectivity index (χ3n) is 3.82. The summed E-state index contributed by atoms with van der Waals surface area (Å²) in [4.78, 5) is 5.07. The molecule has 2 aromatic carbocycles. The number of para-hydroxylation sites is 1. The van der Waals surface area contributed by atoms with Gasteiger partial charge in [0, 0.05) is 22.3 Å². The normalized spacial score (nSPS) is 12.5. The van der Waals surface area contributed by atoms with E-state index >= 15 is 0 Å². The Hall–Kier alpha value is -1.67. The highest BCUT2D eigenvalue weighted by atomic mass is 79.9. The summed E-state index contributed by atoms with van der Waals surface area (Å²) in [6, 6.07) is 21.2. The molecule has 1 heterocycles. The number of aryl methyl sites for hydroxylation is 1. The SMILES string of the molecule is CCc1ccccc1C(Br)Cc1ccc2ccccc2n1. The van der Waals surface area contributed by atoms with Crippen LogP contribution in [0, 0.1) is 0 Å². The number of halogens is 1. The molecule has 3 aromatic rings. The number of fused-ring (bicyclic) bond motifs is 1. The Kier molecular flexibility index (Phi) is 4.35. The molecule has 0 saturated heterocycles. The molecule has 0 N–H and O–H groups in total. The van der Waals surface area contributed by atoms with E-state index < -0.39 is 0 Å². The molecule has 21 heavy (non-hydrogen) atoms. The lowest BCUT2D eigenvalue weighted by Gasteiger charge is -2.14. The largest absolute Gasteiger partial charge is 0.253 e. The zero-order valence-electron chi connectivity index (χ0n) is 12.1. The maximum absolute atomic E-state index is 4.77. The molecule has 0 bridgehead atoms. The number of alkyl halides is 1. The van der Waals surface area contributed by atoms with Gasteiger partial charge in [-0.3, -0.25) is 4.98 Å². The molecule has 0 spiro atoms. The standard InChI is InChI=1S/C19H18BrN/c1-2-14-7-3-5-9-17(14)18(20)13-16-12-11-15-8-4-6-10-19(15)21-16/h3-12,18H,2,13H2,1H3. The fourth-order valence-corrected chi connectivity index (χ4v) is 3.46. The molecular weight excluding hydrogens is 322 g/mol. The molecule has 0 amide bonds. The van der Waals surface area contributed by atoms with Gasteiger partial charge in [0.1, 0.15) is 0 Å². The van der Waals surface area contributed by atoms with Gasteiger partial charge in [0.15, 0.2) is 0 Å². The zero-order chi connectivity index (χ0) is 14.7. The number of pyridine rings is 1. The summed E-state index contributed by atoms with van der Waals surface area (Å²) in [7, 11) is 0. The Morgan fingerprint density at radius 3 is 2.57 bits per heavy atom. The lowest BCUT2D eigenvalue weighted by atomic mass is 10.00. The molecule has 0 aliphatic rings. The van der Waals surface area contributed by atoms with Crippen molar-refractivity contribution in [1.29, 1.82) is 0 Å². The molecule has 0 aliphatic carbocycles. The van der Waals surface area contributed by atoms with Crippen LogP contribution >= 0.6 is 15.9 Å². The molecule has 0 saturated carbocycles. The van der Waals surface area contributed by atoms with Gasteiger partial charge in [-0.1, -0.05) is 71.4 Å². The molecule has 2 heteroatoms. The number of aromatic nitrogens is 1. The average Bonchev–Trinajstić information content (AvgIpc) is 2.54. The summed E-state index contributed by atoms with van der Waals surface area (Å²) >= 11 is 3.84. The van der Waals surface area contributed by atoms with E-state index in [4.69, 9.17) is 4.98 Å². The van der Waals surface area contributed by atoms with Crippen LogP contribution in [0.15, 0.2) is 60.7 Å². The van der Waals surface area contributed by atoms with E-state index in [1.54, 1.807) is 0 Å². The summed E-state index contributed by atoms with van der Waals surface area (Å²) in [5.74, 6) is 0. The maximum atomic E-state index is 4.77. The molecular formula is C19H18BrN. The summed E-state index contributed by atoms with van der Waals surface area (Å²) in [6.45, 7) is 2.20. The van der Waals surface area contributed by atoms with Gasteiger partial charge in [0.2, 0.25) is 0 Å². The van der Waals surface area contributed by atoms with Crippen LogP contribution in [0.25, 0.3) is 10.9 Å². The van der Waals surface area contributed by atoms with Crippen molar-refractivity contribution < 1.29 is 0 Å². The first-order valence-corrected chi connectivity index (χ1v) is 8.26. The van der Waals surface area contributed by atoms with Crippen LogP contribution < -0.4 is 0 Å². The van der Waals surface area contributed by atoms with E-state index in [1.807, 2.05) is 6.07 Å². The first-order chi connectivity index (χ1) is 10.3. The highest BCUT2D eigenvalue weighted by Gasteiger charge is 2.12. The van der Waals surface area contributed by atoms with Crippen LogP contribution in [-0.2, 0) is 12.8 Å². The van der Waals surface area contributed by atoms with E-state index in [9.17, 15) is 0 Å². The van der Waals surface area contributed by atoms with Crippen molar-refractivity contribution in [1.82, 2.24) is 4.98 Å². The van der Waals surface area contributed by atoms with Crippen molar-refractivity contribution >= 4 is 26.8 Å². The topological polar surface area (TPSA) is 12.9 Å². The van der Waals surface area contributed by atoms with E-state index in [0.717, 1.165) is 24.1 Å². The van der Waals surface area contributed by atoms with E-state index in [0.29, 0.717) is 4.83 Å². The Labute approximate surface area is 134 Å². The Balaban J connectivity index is 1.87. The molecule has 0 aliphatic heterocycles. The quantitative estimate of drug-likeness (QED) is 0.574. The second-order valence-electron chi connectivity index (χ2n) is 5.22. The van der Waals surface area contributed by atoms with Gasteiger partial charge >= 0.3 is 0 Å². The predicted octanol–water partition coefficient (Wildman–Crippen LogP) is 5.48. The van der Waals surface area contributed by atoms with E-state index in [1.165, 1.54) is 16.5 Å². The van der Waals surface area contributed by atoms with Gasteiger partial charge in [-0.15, -0.1) is 0 Å². The van der Waals surface area contributed by atoms with Gasteiger partial charge in [-0.25, -0.2) is 0 Å². The molecule has 0 fully saturated rings. The van der Waals surface area contributed by atoms with Gasteiger partial charge in [-0.2, -0.15) is 0 Å². The Bertz CT molecular complexity index is 751. The van der Waals surface area contributed by atoms with E-state index in [-0.39, 0.29) is 0 Å². The fraction of sp³-hybridized carbons (Fsp3) is 0.211. The first kappa shape index (κ1) is 14.3. The van der Waals surface area contributed by atoms with Crippen molar-refractivity contribution in [2.45, 2.75) is 24.6 Å². The minimum absolute atomic E-state index is 0.308. The van der Waals surface area contributed by atoms with Crippen molar-refractivity contribution in [2.75, 3.05) is 0 Å². The average molecular weight is 340 g/mol. The van der Waals surface area contributed by atoms with Crippen LogP contribution in [0.4, 0.5) is 0 Å². The lowest BCUT2D eigenvalue weighted by Crippen LogP contribution is -2.01. The number of nitrogens with zero attached hydrogens (tertiary/aromatic N) is 1. The van der Waals surface area contributed by atoms with Gasteiger partial charge < -0.3 is 0 Å². The molecule has 1 nitrogen and oxygen atoms in total. The van der Waals surface area contributed by atoms with Crippen LogP contribution in [0.5, 0.6) is 0 Å².